The van der Waals surface area contributed by atoms with Crippen molar-refractivity contribution < 1.29 is 14.3 Å². The molecule has 0 aliphatic heterocycles. The third-order valence-electron chi connectivity index (χ3n) is 1.95. The molecule has 0 aromatic heterocycles. The quantitative estimate of drug-likeness (QED) is 0.674. The maximum Gasteiger partial charge on any atom is 0.310 e. The van der Waals surface area contributed by atoms with Crippen molar-refractivity contribution in [2.75, 3.05) is 20.0 Å². The number of benzene rings is 1. The fourth-order valence-electron chi connectivity index (χ4n) is 1.20. The van der Waals surface area contributed by atoms with Gasteiger partial charge in [0.1, 0.15) is 5.75 Å². The summed E-state index contributed by atoms with van der Waals surface area (Å²) in [6, 6.07) is 3.39. The second-order valence-electron chi connectivity index (χ2n) is 2.94. The van der Waals surface area contributed by atoms with E-state index in [9.17, 15) is 4.79 Å². The summed E-state index contributed by atoms with van der Waals surface area (Å²) < 4.78 is 10.5. The summed E-state index contributed by atoms with van der Waals surface area (Å²) in [5.74, 6) is 0.256. The molecule has 4 nitrogen and oxygen atoms in total. The van der Waals surface area contributed by atoms with Crippen molar-refractivity contribution in [1.82, 2.24) is 0 Å². The summed E-state index contributed by atoms with van der Waals surface area (Å²) in [5, 5.41) is 0. The van der Waals surface area contributed by atoms with Gasteiger partial charge in [-0.05, 0) is 6.07 Å². The van der Waals surface area contributed by atoms with Crippen molar-refractivity contribution in [1.29, 1.82) is 0 Å². The van der Waals surface area contributed by atoms with Gasteiger partial charge in [0.15, 0.2) is 0 Å². The zero-order chi connectivity index (χ0) is 11.4. The highest BCUT2D eigenvalue weighted by molar-refractivity contribution is 9.10. The largest absolute Gasteiger partial charge is 0.496 e. The van der Waals surface area contributed by atoms with Gasteiger partial charge in [0.2, 0.25) is 0 Å². The number of hydrogen-bond donors (Lipinski definition) is 1. The lowest BCUT2D eigenvalue weighted by Gasteiger charge is -2.10. The van der Waals surface area contributed by atoms with Gasteiger partial charge in [-0.3, -0.25) is 4.79 Å². The van der Waals surface area contributed by atoms with Crippen molar-refractivity contribution in [2.45, 2.75) is 6.42 Å². The van der Waals surface area contributed by atoms with Gasteiger partial charge in [0, 0.05) is 21.8 Å². The molecule has 1 aromatic carbocycles. The number of methoxy groups -OCH3 is 2. The standard InChI is InChI=1S/C10H12BrNO3/c1-14-9-4-6(12)3-8(11)7(9)5-10(13)15-2/h3-4H,5,12H2,1-2H3. The Bertz CT molecular complexity index is 379. The molecule has 1 aromatic rings. The third-order valence-corrected chi connectivity index (χ3v) is 2.65. The summed E-state index contributed by atoms with van der Waals surface area (Å²) in [5.41, 5.74) is 6.95. The first-order chi connectivity index (χ1) is 7.08. The Morgan fingerprint density at radius 1 is 1.47 bits per heavy atom. The Balaban J connectivity index is 3.09. The molecule has 0 heterocycles. The van der Waals surface area contributed by atoms with Crippen molar-refractivity contribution in [2.24, 2.45) is 0 Å². The van der Waals surface area contributed by atoms with E-state index in [1.165, 1.54) is 14.2 Å². The second kappa shape index (κ2) is 5.02. The monoisotopic (exact) mass is 273 g/mol. The van der Waals surface area contributed by atoms with Crippen molar-refractivity contribution >= 4 is 27.6 Å². The lowest BCUT2D eigenvalue weighted by molar-refractivity contribution is -0.139. The fourth-order valence-corrected chi connectivity index (χ4v) is 1.80. The van der Waals surface area contributed by atoms with E-state index in [2.05, 4.69) is 20.7 Å². The third kappa shape index (κ3) is 2.86. The van der Waals surface area contributed by atoms with E-state index in [0.717, 1.165) is 10.0 Å². The predicted octanol–water partition coefficient (Wildman–Crippen LogP) is 1.76. The molecular weight excluding hydrogens is 262 g/mol. The number of carbonyl (C=O) groups is 1. The van der Waals surface area contributed by atoms with Crippen LogP contribution in [0.3, 0.4) is 0 Å². The topological polar surface area (TPSA) is 61.5 Å². The molecule has 0 aliphatic rings. The molecule has 0 bridgehead atoms. The van der Waals surface area contributed by atoms with Gasteiger partial charge in [-0.15, -0.1) is 0 Å². The molecule has 0 spiro atoms. The summed E-state index contributed by atoms with van der Waals surface area (Å²) in [6.45, 7) is 0. The van der Waals surface area contributed by atoms with Crippen LogP contribution in [0.25, 0.3) is 0 Å². The highest BCUT2D eigenvalue weighted by Gasteiger charge is 2.13. The number of halogens is 1. The van der Waals surface area contributed by atoms with E-state index in [1.54, 1.807) is 12.1 Å². The summed E-state index contributed by atoms with van der Waals surface area (Å²) in [4.78, 5) is 11.2. The summed E-state index contributed by atoms with van der Waals surface area (Å²) in [6.07, 6.45) is 0.153. The zero-order valence-electron chi connectivity index (χ0n) is 8.54. The van der Waals surface area contributed by atoms with Crippen LogP contribution in [0.2, 0.25) is 0 Å². The number of anilines is 1. The number of nitrogens with two attached hydrogens (primary N) is 1. The van der Waals surface area contributed by atoms with Crippen LogP contribution in [0, 0.1) is 0 Å². The Morgan fingerprint density at radius 3 is 2.67 bits per heavy atom. The van der Waals surface area contributed by atoms with Crippen LogP contribution in [0.15, 0.2) is 16.6 Å². The van der Waals surface area contributed by atoms with Gasteiger partial charge in [-0.25, -0.2) is 0 Å². The number of esters is 1. The van der Waals surface area contributed by atoms with Gasteiger partial charge in [-0.2, -0.15) is 0 Å². The van der Waals surface area contributed by atoms with Crippen LogP contribution in [-0.2, 0) is 16.0 Å². The Morgan fingerprint density at radius 2 is 2.13 bits per heavy atom. The van der Waals surface area contributed by atoms with E-state index in [4.69, 9.17) is 10.5 Å². The van der Waals surface area contributed by atoms with E-state index in [-0.39, 0.29) is 12.4 Å². The van der Waals surface area contributed by atoms with Gasteiger partial charge in [0.25, 0.3) is 0 Å². The van der Waals surface area contributed by atoms with Gasteiger partial charge < -0.3 is 15.2 Å². The molecule has 0 unspecified atom stereocenters. The minimum Gasteiger partial charge on any atom is -0.496 e. The highest BCUT2D eigenvalue weighted by Crippen LogP contribution is 2.30. The minimum atomic E-state index is -0.321. The van der Waals surface area contributed by atoms with Crippen LogP contribution in [0.1, 0.15) is 5.56 Å². The van der Waals surface area contributed by atoms with Crippen molar-refractivity contribution in [3.63, 3.8) is 0 Å². The van der Waals surface area contributed by atoms with Gasteiger partial charge in [0.05, 0.1) is 20.6 Å². The van der Waals surface area contributed by atoms with Crippen LogP contribution >= 0.6 is 15.9 Å². The summed E-state index contributed by atoms with van der Waals surface area (Å²) in [7, 11) is 2.88. The Hall–Kier alpha value is -1.23. The molecule has 0 radical (unpaired) electrons. The molecule has 0 amide bonds. The van der Waals surface area contributed by atoms with E-state index >= 15 is 0 Å². The molecule has 0 saturated carbocycles. The highest BCUT2D eigenvalue weighted by atomic mass is 79.9. The predicted molar refractivity (Wildman–Crippen MR) is 60.8 cm³/mol. The number of nitrogen functional groups attached to an aromatic ring is 1. The molecule has 0 fully saturated rings. The maximum atomic E-state index is 11.2. The zero-order valence-corrected chi connectivity index (χ0v) is 10.1. The Labute approximate surface area is 96.5 Å². The maximum absolute atomic E-state index is 11.2. The lowest BCUT2D eigenvalue weighted by Crippen LogP contribution is -2.07. The van der Waals surface area contributed by atoms with Crippen LogP contribution < -0.4 is 10.5 Å². The molecule has 82 valence electrons. The first-order valence-corrected chi connectivity index (χ1v) is 5.06. The SMILES string of the molecule is COC(=O)Cc1c(Br)cc(N)cc1OC. The first-order valence-electron chi connectivity index (χ1n) is 4.27. The van der Waals surface area contributed by atoms with Gasteiger partial charge in [-0.1, -0.05) is 15.9 Å². The number of ether oxygens (including phenoxy) is 2. The number of rotatable bonds is 3. The first kappa shape index (κ1) is 11.8. The average Bonchev–Trinajstić information content (AvgIpc) is 2.21. The van der Waals surface area contributed by atoms with Crippen LogP contribution in [0.4, 0.5) is 5.69 Å². The lowest BCUT2D eigenvalue weighted by atomic mass is 10.1. The van der Waals surface area contributed by atoms with E-state index in [1.807, 2.05) is 0 Å². The van der Waals surface area contributed by atoms with Crippen molar-refractivity contribution in [3.8, 4) is 5.75 Å². The smallest absolute Gasteiger partial charge is 0.310 e. The second-order valence-corrected chi connectivity index (χ2v) is 3.79. The normalized spacial score (nSPS) is 9.80. The summed E-state index contributed by atoms with van der Waals surface area (Å²) >= 11 is 3.33. The van der Waals surface area contributed by atoms with Crippen LogP contribution in [0.5, 0.6) is 5.75 Å². The van der Waals surface area contributed by atoms with Crippen LogP contribution in [-0.4, -0.2) is 20.2 Å². The molecule has 0 atom stereocenters. The molecule has 0 saturated heterocycles. The van der Waals surface area contributed by atoms with E-state index < -0.39 is 0 Å². The van der Waals surface area contributed by atoms with Crippen molar-refractivity contribution in [3.05, 3.63) is 22.2 Å². The Kier molecular flexibility index (Phi) is 3.96. The molecule has 1 rings (SSSR count). The molecular formula is C10H12BrNO3. The molecule has 0 aliphatic carbocycles. The molecule has 5 heteroatoms. The average molecular weight is 274 g/mol. The minimum absolute atomic E-state index is 0.153. The molecule has 2 N–H and O–H groups in total. The fraction of sp³-hybridized carbons (Fsp3) is 0.300. The number of hydrogen-bond acceptors (Lipinski definition) is 4. The molecule has 15 heavy (non-hydrogen) atoms. The van der Waals surface area contributed by atoms with Gasteiger partial charge >= 0.3 is 5.97 Å². The van der Waals surface area contributed by atoms with E-state index in [0.29, 0.717) is 11.4 Å². The number of carbonyl (C=O) groups excluding carboxylic acids is 1.